The van der Waals surface area contributed by atoms with Crippen LogP contribution in [0.5, 0.6) is 11.5 Å². The molecule has 1 aromatic heterocycles. The molecule has 2 heterocycles. The molecule has 3 aromatic rings. The molecule has 4 rings (SSSR count). The number of ether oxygens (including phenoxy) is 1. The van der Waals surface area contributed by atoms with E-state index in [0.29, 0.717) is 17.3 Å². The number of hydrogen-bond acceptors (Lipinski definition) is 5. The summed E-state index contributed by atoms with van der Waals surface area (Å²) in [7, 11) is 0. The smallest absolute Gasteiger partial charge is 0.256 e. The molecule has 1 fully saturated rings. The lowest BCUT2D eigenvalue weighted by Gasteiger charge is -2.26. The number of likely N-dealkylation sites (tertiary alicyclic amines) is 1. The van der Waals surface area contributed by atoms with E-state index in [9.17, 15) is 4.79 Å². The second-order valence-electron chi connectivity index (χ2n) is 6.68. The van der Waals surface area contributed by atoms with E-state index in [1.807, 2.05) is 59.5 Å². The van der Waals surface area contributed by atoms with Crippen LogP contribution < -0.4 is 10.1 Å². The summed E-state index contributed by atoms with van der Waals surface area (Å²) in [5, 5.41) is 3.17. The second kappa shape index (κ2) is 8.52. The summed E-state index contributed by atoms with van der Waals surface area (Å²) in [5.74, 6) is 1.84. The number of nitrogens with one attached hydrogen (secondary N) is 1. The summed E-state index contributed by atoms with van der Waals surface area (Å²) >= 11 is 0. The Labute approximate surface area is 164 Å². The Morgan fingerprint density at radius 2 is 1.57 bits per heavy atom. The molecule has 0 aliphatic carbocycles. The van der Waals surface area contributed by atoms with Gasteiger partial charge in [-0.15, -0.1) is 0 Å². The third kappa shape index (κ3) is 4.28. The van der Waals surface area contributed by atoms with Gasteiger partial charge in [0.1, 0.15) is 5.75 Å². The van der Waals surface area contributed by atoms with E-state index in [1.54, 1.807) is 12.4 Å². The zero-order chi connectivity index (χ0) is 19.2. The van der Waals surface area contributed by atoms with Crippen molar-refractivity contribution in [2.24, 2.45) is 0 Å². The van der Waals surface area contributed by atoms with Gasteiger partial charge in [-0.05, 0) is 43.5 Å². The number of amides is 1. The maximum Gasteiger partial charge on any atom is 0.256 e. The minimum absolute atomic E-state index is 0.000869. The Hall–Kier alpha value is -3.41. The van der Waals surface area contributed by atoms with Crippen molar-refractivity contribution in [1.29, 1.82) is 0 Å². The van der Waals surface area contributed by atoms with Crippen molar-refractivity contribution in [3.63, 3.8) is 0 Å². The first-order valence-corrected chi connectivity index (χ1v) is 9.50. The third-order valence-electron chi connectivity index (χ3n) is 4.65. The van der Waals surface area contributed by atoms with Crippen LogP contribution in [0.1, 0.15) is 29.6 Å². The molecule has 0 atom stereocenters. The standard InChI is InChI=1S/C22H22N4O2/c27-21(26-13-7-2-8-14-26)17-15-23-22(24-16-17)25-19-11-5-6-12-20(19)28-18-9-3-1-4-10-18/h1,3-6,9-12,15-16H,2,7-8,13-14H2,(H,23,24,25). The van der Waals surface area contributed by atoms with Crippen LogP contribution in [0.2, 0.25) is 0 Å². The highest BCUT2D eigenvalue weighted by atomic mass is 16.5. The SMILES string of the molecule is O=C(c1cnc(Nc2ccccc2Oc2ccccc2)nc1)N1CCCCC1. The normalized spacial score (nSPS) is 13.8. The van der Waals surface area contributed by atoms with Gasteiger partial charge >= 0.3 is 0 Å². The average Bonchev–Trinajstić information content (AvgIpc) is 2.76. The lowest BCUT2D eigenvalue weighted by atomic mass is 10.1. The number of rotatable bonds is 5. The van der Waals surface area contributed by atoms with Gasteiger partial charge in [-0.2, -0.15) is 0 Å². The van der Waals surface area contributed by atoms with E-state index < -0.39 is 0 Å². The van der Waals surface area contributed by atoms with Crippen molar-refractivity contribution < 1.29 is 9.53 Å². The molecule has 0 radical (unpaired) electrons. The van der Waals surface area contributed by atoms with Crippen molar-refractivity contribution in [3.05, 3.63) is 72.6 Å². The Bertz CT molecular complexity index is 923. The Balaban J connectivity index is 1.47. The van der Waals surface area contributed by atoms with E-state index >= 15 is 0 Å². The number of anilines is 2. The molecule has 2 aromatic carbocycles. The molecule has 0 spiro atoms. The van der Waals surface area contributed by atoms with Gasteiger partial charge in [0.05, 0.1) is 11.3 Å². The van der Waals surface area contributed by atoms with Crippen LogP contribution in [0.25, 0.3) is 0 Å². The van der Waals surface area contributed by atoms with Gasteiger partial charge < -0.3 is 15.0 Å². The van der Waals surface area contributed by atoms with Crippen molar-refractivity contribution in [2.75, 3.05) is 18.4 Å². The second-order valence-corrected chi connectivity index (χ2v) is 6.68. The maximum absolute atomic E-state index is 12.5. The fraction of sp³-hybridized carbons (Fsp3) is 0.227. The molecular formula is C22H22N4O2. The zero-order valence-corrected chi connectivity index (χ0v) is 15.5. The molecule has 0 unspecified atom stereocenters. The highest BCUT2D eigenvalue weighted by Crippen LogP contribution is 2.30. The molecule has 0 saturated carbocycles. The van der Waals surface area contributed by atoms with E-state index in [1.165, 1.54) is 6.42 Å². The van der Waals surface area contributed by atoms with E-state index in [0.717, 1.165) is 37.4 Å². The first kappa shape index (κ1) is 18.0. The zero-order valence-electron chi connectivity index (χ0n) is 15.5. The van der Waals surface area contributed by atoms with E-state index in [2.05, 4.69) is 15.3 Å². The molecule has 6 heteroatoms. The number of benzene rings is 2. The highest BCUT2D eigenvalue weighted by Gasteiger charge is 2.18. The van der Waals surface area contributed by atoms with Crippen molar-refractivity contribution in [2.45, 2.75) is 19.3 Å². The highest BCUT2D eigenvalue weighted by molar-refractivity contribution is 5.93. The van der Waals surface area contributed by atoms with Gasteiger partial charge in [-0.1, -0.05) is 30.3 Å². The van der Waals surface area contributed by atoms with Gasteiger partial charge in [0.2, 0.25) is 5.95 Å². The topological polar surface area (TPSA) is 67.3 Å². The van der Waals surface area contributed by atoms with Crippen molar-refractivity contribution in [3.8, 4) is 11.5 Å². The number of piperidine rings is 1. The number of aromatic nitrogens is 2. The summed E-state index contributed by atoms with van der Waals surface area (Å²) in [4.78, 5) is 23.0. The Kier molecular flexibility index (Phi) is 5.47. The van der Waals surface area contributed by atoms with Crippen molar-refractivity contribution >= 4 is 17.5 Å². The molecule has 1 aliphatic heterocycles. The van der Waals surface area contributed by atoms with Crippen LogP contribution in [0, 0.1) is 0 Å². The lowest BCUT2D eigenvalue weighted by Crippen LogP contribution is -2.35. The third-order valence-corrected chi connectivity index (χ3v) is 4.65. The van der Waals surface area contributed by atoms with Gasteiger partial charge in [0.15, 0.2) is 5.75 Å². The average molecular weight is 374 g/mol. The van der Waals surface area contributed by atoms with E-state index in [-0.39, 0.29) is 5.91 Å². The molecule has 1 aliphatic rings. The minimum Gasteiger partial charge on any atom is -0.455 e. The summed E-state index contributed by atoms with van der Waals surface area (Å²) in [6.07, 6.45) is 6.46. The quantitative estimate of drug-likeness (QED) is 0.705. The fourth-order valence-corrected chi connectivity index (χ4v) is 3.18. The molecule has 142 valence electrons. The van der Waals surface area contributed by atoms with Crippen molar-refractivity contribution in [1.82, 2.24) is 14.9 Å². The van der Waals surface area contributed by atoms with Crippen LogP contribution in [0.15, 0.2) is 67.0 Å². The van der Waals surface area contributed by atoms with E-state index in [4.69, 9.17) is 4.74 Å². The summed E-state index contributed by atoms with van der Waals surface area (Å²) in [6, 6.07) is 17.2. The summed E-state index contributed by atoms with van der Waals surface area (Å²) in [6.45, 7) is 1.62. The minimum atomic E-state index is -0.000869. The first-order valence-electron chi connectivity index (χ1n) is 9.50. The maximum atomic E-state index is 12.5. The van der Waals surface area contributed by atoms with Crippen LogP contribution in [0.4, 0.5) is 11.6 Å². The number of nitrogens with zero attached hydrogens (tertiary/aromatic N) is 3. The largest absolute Gasteiger partial charge is 0.455 e. The fourth-order valence-electron chi connectivity index (χ4n) is 3.18. The Morgan fingerprint density at radius 1 is 0.893 bits per heavy atom. The number of hydrogen-bond donors (Lipinski definition) is 1. The molecule has 28 heavy (non-hydrogen) atoms. The predicted molar refractivity (Wildman–Crippen MR) is 108 cm³/mol. The monoisotopic (exact) mass is 374 g/mol. The number of carbonyl (C=O) groups is 1. The molecule has 6 nitrogen and oxygen atoms in total. The molecule has 1 amide bonds. The van der Waals surface area contributed by atoms with Gasteiger partial charge in [-0.3, -0.25) is 4.79 Å². The Morgan fingerprint density at radius 3 is 2.32 bits per heavy atom. The van der Waals surface area contributed by atoms with Crippen LogP contribution >= 0.6 is 0 Å². The number of para-hydroxylation sites is 3. The molecule has 1 saturated heterocycles. The van der Waals surface area contributed by atoms with Gasteiger partial charge in [0.25, 0.3) is 5.91 Å². The molecule has 0 bridgehead atoms. The molecule has 1 N–H and O–H groups in total. The van der Waals surface area contributed by atoms with Gasteiger partial charge in [0, 0.05) is 25.5 Å². The number of carbonyl (C=O) groups excluding carboxylic acids is 1. The molecular weight excluding hydrogens is 352 g/mol. The summed E-state index contributed by atoms with van der Waals surface area (Å²) in [5.41, 5.74) is 1.27. The van der Waals surface area contributed by atoms with Crippen LogP contribution in [0.3, 0.4) is 0 Å². The first-order chi connectivity index (χ1) is 13.8. The summed E-state index contributed by atoms with van der Waals surface area (Å²) < 4.78 is 5.94. The predicted octanol–water partition coefficient (Wildman–Crippen LogP) is 4.64. The van der Waals surface area contributed by atoms with Crippen LogP contribution in [-0.4, -0.2) is 33.9 Å². The lowest BCUT2D eigenvalue weighted by molar-refractivity contribution is 0.0723. The van der Waals surface area contributed by atoms with Crippen LogP contribution in [-0.2, 0) is 0 Å². The van der Waals surface area contributed by atoms with Gasteiger partial charge in [-0.25, -0.2) is 9.97 Å².